The number of aryl methyl sites for hydroxylation is 1. The van der Waals surface area contributed by atoms with Crippen LogP contribution in [0.15, 0.2) is 47.4 Å². The molecule has 0 heterocycles. The molecular weight excluding hydrogens is 372 g/mol. The lowest BCUT2D eigenvalue weighted by Crippen LogP contribution is -2.28. The van der Waals surface area contributed by atoms with E-state index in [1.165, 1.54) is 19.2 Å². The number of hydrogen-bond donors (Lipinski definition) is 1. The Hall–Kier alpha value is -2.05. The van der Waals surface area contributed by atoms with Crippen LogP contribution >= 0.6 is 11.6 Å². The van der Waals surface area contributed by atoms with Gasteiger partial charge in [0.2, 0.25) is 0 Å². The number of sulfonamides is 1. The Bertz CT molecular complexity index is 894. The lowest BCUT2D eigenvalue weighted by molar-refractivity contribution is 0.0949. The van der Waals surface area contributed by atoms with Crippen LogP contribution in [0.3, 0.4) is 0 Å². The molecule has 2 aromatic carbocycles. The van der Waals surface area contributed by atoms with Crippen molar-refractivity contribution in [3.05, 3.63) is 58.6 Å². The molecule has 0 unspecified atom stereocenters. The zero-order chi connectivity index (χ0) is 19.5. The topological polar surface area (TPSA) is 66.5 Å². The molecule has 0 aliphatic heterocycles. The SMILES string of the molecule is Cc1ccc(S(=O)(=O)N(C)c2ccc(C(=O)NCC(C)C)c(Cl)c2)cc1. The highest BCUT2D eigenvalue weighted by molar-refractivity contribution is 7.92. The van der Waals surface area contributed by atoms with E-state index in [9.17, 15) is 13.2 Å². The Morgan fingerprint density at radius 2 is 1.77 bits per heavy atom. The molecule has 0 atom stereocenters. The van der Waals surface area contributed by atoms with Crippen LogP contribution in [0.25, 0.3) is 0 Å². The molecule has 0 aliphatic rings. The first-order chi connectivity index (χ1) is 12.1. The largest absolute Gasteiger partial charge is 0.352 e. The minimum Gasteiger partial charge on any atom is -0.352 e. The van der Waals surface area contributed by atoms with Crippen molar-refractivity contribution in [3.8, 4) is 0 Å². The van der Waals surface area contributed by atoms with Gasteiger partial charge in [0.1, 0.15) is 0 Å². The molecule has 0 aromatic heterocycles. The first-order valence-corrected chi connectivity index (χ1v) is 10.1. The van der Waals surface area contributed by atoms with Crippen LogP contribution in [0, 0.1) is 12.8 Å². The molecule has 0 saturated heterocycles. The summed E-state index contributed by atoms with van der Waals surface area (Å²) in [6, 6.07) is 11.2. The number of nitrogens with zero attached hydrogens (tertiary/aromatic N) is 1. The van der Waals surface area contributed by atoms with Crippen LogP contribution in [-0.2, 0) is 10.0 Å². The van der Waals surface area contributed by atoms with Crippen LogP contribution in [0.1, 0.15) is 29.8 Å². The quantitative estimate of drug-likeness (QED) is 0.808. The van der Waals surface area contributed by atoms with Crippen molar-refractivity contribution in [3.63, 3.8) is 0 Å². The Labute approximate surface area is 160 Å². The summed E-state index contributed by atoms with van der Waals surface area (Å²) in [4.78, 5) is 12.4. The molecule has 2 rings (SSSR count). The number of carbonyl (C=O) groups is 1. The number of rotatable bonds is 6. The van der Waals surface area contributed by atoms with Crippen molar-refractivity contribution in [1.82, 2.24) is 5.32 Å². The number of carbonyl (C=O) groups excluding carboxylic acids is 1. The van der Waals surface area contributed by atoms with Gasteiger partial charge in [0.25, 0.3) is 15.9 Å². The van der Waals surface area contributed by atoms with E-state index < -0.39 is 10.0 Å². The van der Waals surface area contributed by atoms with E-state index in [1.807, 2.05) is 20.8 Å². The molecule has 5 nitrogen and oxygen atoms in total. The summed E-state index contributed by atoms with van der Waals surface area (Å²) in [5.41, 5.74) is 1.68. The van der Waals surface area contributed by atoms with E-state index >= 15 is 0 Å². The second-order valence-electron chi connectivity index (χ2n) is 6.55. The fraction of sp³-hybridized carbons (Fsp3) is 0.316. The summed E-state index contributed by atoms with van der Waals surface area (Å²) < 4.78 is 26.7. The molecular formula is C19H23ClN2O3S. The maximum atomic E-state index is 12.8. The summed E-state index contributed by atoms with van der Waals surface area (Å²) in [6.45, 7) is 6.42. The Kier molecular flexibility index (Phi) is 6.31. The van der Waals surface area contributed by atoms with Gasteiger partial charge in [0.15, 0.2) is 0 Å². The normalized spacial score (nSPS) is 11.5. The maximum absolute atomic E-state index is 12.8. The molecule has 0 spiro atoms. The first-order valence-electron chi connectivity index (χ1n) is 8.26. The van der Waals surface area contributed by atoms with Crippen LogP contribution in [0.4, 0.5) is 5.69 Å². The number of amides is 1. The van der Waals surface area contributed by atoms with Crippen molar-refractivity contribution >= 4 is 33.2 Å². The fourth-order valence-corrected chi connectivity index (χ4v) is 3.73. The molecule has 0 fully saturated rings. The van der Waals surface area contributed by atoms with Gasteiger partial charge in [-0.2, -0.15) is 0 Å². The van der Waals surface area contributed by atoms with Crippen LogP contribution in [0.2, 0.25) is 5.02 Å². The number of halogens is 1. The van der Waals surface area contributed by atoms with Crippen molar-refractivity contribution < 1.29 is 13.2 Å². The Morgan fingerprint density at radius 1 is 1.15 bits per heavy atom. The molecule has 0 radical (unpaired) electrons. The van der Waals surface area contributed by atoms with Gasteiger partial charge in [-0.1, -0.05) is 43.1 Å². The van der Waals surface area contributed by atoms with Gasteiger partial charge >= 0.3 is 0 Å². The average Bonchev–Trinajstić information content (AvgIpc) is 2.59. The highest BCUT2D eigenvalue weighted by Crippen LogP contribution is 2.27. The third kappa shape index (κ3) is 4.56. The summed E-state index contributed by atoms with van der Waals surface area (Å²) in [5.74, 6) is 0.0436. The standard InChI is InChI=1S/C19H23ClN2O3S/c1-13(2)12-21-19(23)17-10-7-15(11-18(17)20)22(4)26(24,25)16-8-5-14(3)6-9-16/h5-11,13H,12H2,1-4H3,(H,21,23). The Balaban J connectivity index is 2.27. The molecule has 0 saturated carbocycles. The highest BCUT2D eigenvalue weighted by Gasteiger charge is 2.22. The summed E-state index contributed by atoms with van der Waals surface area (Å²) in [5, 5.41) is 3.00. The van der Waals surface area contributed by atoms with Crippen molar-refractivity contribution in [2.24, 2.45) is 5.92 Å². The van der Waals surface area contributed by atoms with E-state index in [-0.39, 0.29) is 15.8 Å². The third-order valence-corrected chi connectivity index (χ3v) is 6.02. The van der Waals surface area contributed by atoms with E-state index in [1.54, 1.807) is 30.3 Å². The monoisotopic (exact) mass is 394 g/mol. The van der Waals surface area contributed by atoms with Gasteiger partial charge in [-0.3, -0.25) is 9.10 Å². The number of anilines is 1. The minimum absolute atomic E-state index is 0.195. The number of nitrogens with one attached hydrogen (secondary N) is 1. The molecule has 7 heteroatoms. The van der Waals surface area contributed by atoms with E-state index in [2.05, 4.69) is 5.32 Å². The Morgan fingerprint density at radius 3 is 2.31 bits per heavy atom. The van der Waals surface area contributed by atoms with Gasteiger partial charge in [-0.15, -0.1) is 0 Å². The second kappa shape index (κ2) is 8.10. The van der Waals surface area contributed by atoms with Crippen LogP contribution < -0.4 is 9.62 Å². The van der Waals surface area contributed by atoms with Gasteiger partial charge in [-0.05, 0) is 43.2 Å². The van der Waals surface area contributed by atoms with Crippen molar-refractivity contribution in [1.29, 1.82) is 0 Å². The molecule has 2 aromatic rings. The van der Waals surface area contributed by atoms with E-state index in [0.717, 1.165) is 9.87 Å². The average molecular weight is 395 g/mol. The smallest absolute Gasteiger partial charge is 0.264 e. The zero-order valence-electron chi connectivity index (χ0n) is 15.3. The van der Waals surface area contributed by atoms with Crippen molar-refractivity contribution in [2.45, 2.75) is 25.7 Å². The van der Waals surface area contributed by atoms with E-state index in [4.69, 9.17) is 11.6 Å². The van der Waals surface area contributed by atoms with E-state index in [0.29, 0.717) is 23.7 Å². The zero-order valence-corrected chi connectivity index (χ0v) is 16.9. The lowest BCUT2D eigenvalue weighted by Gasteiger charge is -2.20. The van der Waals surface area contributed by atoms with Crippen LogP contribution in [-0.4, -0.2) is 27.9 Å². The number of benzene rings is 2. The molecule has 0 aliphatic carbocycles. The predicted octanol–water partition coefficient (Wildman–Crippen LogP) is 3.86. The summed E-state index contributed by atoms with van der Waals surface area (Å²) in [6.07, 6.45) is 0. The first kappa shape index (κ1) is 20.3. The van der Waals surface area contributed by atoms with Gasteiger partial charge in [-0.25, -0.2) is 8.42 Å². The number of hydrogen-bond acceptors (Lipinski definition) is 3. The predicted molar refractivity (Wildman–Crippen MR) is 105 cm³/mol. The van der Waals surface area contributed by atoms with Crippen molar-refractivity contribution in [2.75, 3.05) is 17.9 Å². The van der Waals surface area contributed by atoms with Crippen LogP contribution in [0.5, 0.6) is 0 Å². The second-order valence-corrected chi connectivity index (χ2v) is 8.93. The van der Waals surface area contributed by atoms with Gasteiger partial charge < -0.3 is 5.32 Å². The third-order valence-electron chi connectivity index (χ3n) is 3.91. The maximum Gasteiger partial charge on any atom is 0.264 e. The summed E-state index contributed by atoms with van der Waals surface area (Å²) in [7, 11) is -2.25. The minimum atomic E-state index is -3.71. The van der Waals surface area contributed by atoms with Gasteiger partial charge in [0.05, 0.1) is 21.2 Å². The summed E-state index contributed by atoms with van der Waals surface area (Å²) >= 11 is 6.22. The molecule has 140 valence electrons. The molecule has 26 heavy (non-hydrogen) atoms. The van der Waals surface area contributed by atoms with Gasteiger partial charge in [0, 0.05) is 13.6 Å². The highest BCUT2D eigenvalue weighted by atomic mass is 35.5. The lowest BCUT2D eigenvalue weighted by atomic mass is 10.1. The molecule has 1 amide bonds. The molecule has 0 bridgehead atoms. The molecule has 1 N–H and O–H groups in total. The fourth-order valence-electron chi connectivity index (χ4n) is 2.28.